The topological polar surface area (TPSA) is 52.6 Å². The molecule has 0 saturated carbocycles. The smallest absolute Gasteiger partial charge is 0.254 e. The van der Waals surface area contributed by atoms with Crippen LogP contribution in [-0.2, 0) is 0 Å². The van der Waals surface area contributed by atoms with Crippen LogP contribution < -0.4 is 10.2 Å². The number of anilines is 1. The van der Waals surface area contributed by atoms with E-state index in [2.05, 4.69) is 5.32 Å². The Morgan fingerprint density at radius 2 is 2.16 bits per heavy atom. The summed E-state index contributed by atoms with van der Waals surface area (Å²) in [5, 5.41) is 11.6. The summed E-state index contributed by atoms with van der Waals surface area (Å²) in [7, 11) is 3.62. The molecule has 0 aliphatic heterocycles. The molecule has 0 bridgehead atoms. The molecule has 0 aliphatic carbocycles. The second-order valence-corrected chi connectivity index (χ2v) is 4.65. The van der Waals surface area contributed by atoms with Crippen LogP contribution in [0.3, 0.4) is 0 Å². The molecule has 0 fully saturated rings. The summed E-state index contributed by atoms with van der Waals surface area (Å²) < 4.78 is 13.9. The van der Waals surface area contributed by atoms with Crippen molar-refractivity contribution in [1.82, 2.24) is 5.32 Å². The lowest BCUT2D eigenvalue weighted by molar-refractivity contribution is 0.0925. The van der Waals surface area contributed by atoms with Gasteiger partial charge in [-0.2, -0.15) is 0 Å². The number of carbonyl (C=O) groups excluding carboxylic acids is 1. The van der Waals surface area contributed by atoms with Crippen molar-refractivity contribution in [3.63, 3.8) is 0 Å². The van der Waals surface area contributed by atoms with E-state index in [0.29, 0.717) is 18.5 Å². The van der Waals surface area contributed by atoms with E-state index in [1.807, 2.05) is 21.0 Å². The Kier molecular flexibility index (Phi) is 5.76. The molecule has 1 amide bonds. The summed E-state index contributed by atoms with van der Waals surface area (Å²) in [5.74, 6) is -0.981. The van der Waals surface area contributed by atoms with Crippen LogP contribution in [-0.4, -0.2) is 37.8 Å². The quantitative estimate of drug-likeness (QED) is 0.827. The number of nitrogens with one attached hydrogen (secondary N) is 1. The second kappa shape index (κ2) is 7.09. The van der Waals surface area contributed by atoms with Crippen molar-refractivity contribution in [2.24, 2.45) is 0 Å². The van der Waals surface area contributed by atoms with Crippen molar-refractivity contribution in [2.75, 3.05) is 25.6 Å². The Bertz CT molecular complexity index is 435. The molecule has 19 heavy (non-hydrogen) atoms. The van der Waals surface area contributed by atoms with E-state index < -0.39 is 11.7 Å². The van der Waals surface area contributed by atoms with Crippen LogP contribution >= 0.6 is 0 Å². The van der Waals surface area contributed by atoms with Crippen LogP contribution in [0.15, 0.2) is 18.2 Å². The third-order valence-electron chi connectivity index (χ3n) is 3.02. The molecule has 0 spiro atoms. The molecule has 1 rings (SSSR count). The maximum atomic E-state index is 13.9. The molecule has 0 aromatic heterocycles. The highest BCUT2D eigenvalue weighted by molar-refractivity contribution is 5.95. The van der Waals surface area contributed by atoms with Gasteiger partial charge in [-0.3, -0.25) is 4.79 Å². The van der Waals surface area contributed by atoms with E-state index in [9.17, 15) is 9.18 Å². The van der Waals surface area contributed by atoms with E-state index >= 15 is 0 Å². The van der Waals surface area contributed by atoms with Crippen LogP contribution in [0.25, 0.3) is 0 Å². The molecule has 2 N–H and O–H groups in total. The summed E-state index contributed by atoms with van der Waals surface area (Å²) >= 11 is 0. The molecule has 0 aliphatic rings. The molecule has 106 valence electrons. The number of amides is 1. The zero-order chi connectivity index (χ0) is 14.4. The minimum atomic E-state index is -0.539. The molecule has 1 atom stereocenters. The fourth-order valence-electron chi connectivity index (χ4n) is 1.76. The Balaban J connectivity index is 2.82. The molecule has 4 nitrogen and oxygen atoms in total. The van der Waals surface area contributed by atoms with Crippen LogP contribution in [0.1, 0.15) is 30.1 Å². The first-order valence-electron chi connectivity index (χ1n) is 6.38. The summed E-state index contributed by atoms with van der Waals surface area (Å²) in [5.41, 5.74) is 0.735. The highest BCUT2D eigenvalue weighted by Gasteiger charge is 2.16. The first kappa shape index (κ1) is 15.4. The molecule has 1 aromatic rings. The van der Waals surface area contributed by atoms with Gasteiger partial charge < -0.3 is 15.3 Å². The van der Waals surface area contributed by atoms with Gasteiger partial charge in [-0.05, 0) is 31.0 Å². The number of benzene rings is 1. The fourth-order valence-corrected chi connectivity index (χ4v) is 1.76. The SMILES string of the molecule is CCC(CCO)NC(=O)c1ccc(N(C)C)cc1F. The third kappa shape index (κ3) is 4.21. The molecule has 0 saturated heterocycles. The van der Waals surface area contributed by atoms with Crippen molar-refractivity contribution in [2.45, 2.75) is 25.8 Å². The number of aliphatic hydroxyl groups excluding tert-OH is 1. The van der Waals surface area contributed by atoms with Crippen molar-refractivity contribution in [1.29, 1.82) is 0 Å². The Morgan fingerprint density at radius 1 is 1.47 bits per heavy atom. The predicted molar refractivity (Wildman–Crippen MR) is 74.0 cm³/mol. The normalized spacial score (nSPS) is 12.1. The highest BCUT2D eigenvalue weighted by Crippen LogP contribution is 2.17. The summed E-state index contributed by atoms with van der Waals surface area (Å²) in [6.45, 7) is 1.91. The number of hydrogen-bond acceptors (Lipinski definition) is 3. The molecular weight excluding hydrogens is 247 g/mol. The second-order valence-electron chi connectivity index (χ2n) is 4.65. The predicted octanol–water partition coefficient (Wildman–Crippen LogP) is 1.78. The Labute approximate surface area is 113 Å². The standard InChI is InChI=1S/C14H21FN2O2/c1-4-10(7-8-18)16-14(19)12-6-5-11(17(2)3)9-13(12)15/h5-6,9-10,18H,4,7-8H2,1-3H3,(H,16,19). The van der Waals surface area contributed by atoms with Gasteiger partial charge in [0.15, 0.2) is 0 Å². The van der Waals surface area contributed by atoms with Gasteiger partial charge in [0.2, 0.25) is 0 Å². The lowest BCUT2D eigenvalue weighted by Crippen LogP contribution is -2.35. The Morgan fingerprint density at radius 3 is 2.63 bits per heavy atom. The molecule has 0 radical (unpaired) electrons. The number of rotatable bonds is 6. The van der Waals surface area contributed by atoms with Crippen molar-refractivity contribution in [3.05, 3.63) is 29.6 Å². The van der Waals surface area contributed by atoms with Crippen molar-refractivity contribution in [3.8, 4) is 0 Å². The molecular formula is C14H21FN2O2. The molecule has 5 heteroatoms. The van der Waals surface area contributed by atoms with Gasteiger partial charge in [-0.15, -0.1) is 0 Å². The lowest BCUT2D eigenvalue weighted by Gasteiger charge is -2.17. The van der Waals surface area contributed by atoms with Crippen molar-refractivity contribution < 1.29 is 14.3 Å². The summed E-state index contributed by atoms with van der Waals surface area (Å²) in [6.07, 6.45) is 1.17. The van der Waals surface area contributed by atoms with Gasteiger partial charge in [0.1, 0.15) is 5.82 Å². The van der Waals surface area contributed by atoms with Gasteiger partial charge in [-0.25, -0.2) is 4.39 Å². The van der Waals surface area contributed by atoms with E-state index in [0.717, 1.165) is 0 Å². The van der Waals surface area contributed by atoms with Gasteiger partial charge in [0, 0.05) is 32.4 Å². The van der Waals surface area contributed by atoms with Gasteiger partial charge in [0.05, 0.1) is 5.56 Å². The first-order chi connectivity index (χ1) is 8.99. The maximum Gasteiger partial charge on any atom is 0.254 e. The molecule has 1 aromatic carbocycles. The Hall–Kier alpha value is -1.62. The largest absolute Gasteiger partial charge is 0.396 e. The fraction of sp³-hybridized carbons (Fsp3) is 0.500. The number of carbonyl (C=O) groups is 1. The van der Waals surface area contributed by atoms with Gasteiger partial charge in [-0.1, -0.05) is 6.92 Å². The minimum absolute atomic E-state index is 0.000829. The van der Waals surface area contributed by atoms with Crippen LogP contribution in [0.5, 0.6) is 0 Å². The van der Waals surface area contributed by atoms with Crippen molar-refractivity contribution >= 4 is 11.6 Å². The van der Waals surface area contributed by atoms with E-state index in [1.54, 1.807) is 11.0 Å². The van der Waals surface area contributed by atoms with E-state index in [-0.39, 0.29) is 18.2 Å². The molecule has 0 heterocycles. The average molecular weight is 268 g/mol. The van der Waals surface area contributed by atoms with Gasteiger partial charge in [0.25, 0.3) is 5.91 Å². The summed E-state index contributed by atoms with van der Waals surface area (Å²) in [6, 6.07) is 4.38. The van der Waals surface area contributed by atoms with Crippen LogP contribution in [0.2, 0.25) is 0 Å². The maximum absolute atomic E-state index is 13.9. The number of halogens is 1. The van der Waals surface area contributed by atoms with E-state index in [1.165, 1.54) is 12.1 Å². The number of nitrogens with zero attached hydrogens (tertiary/aromatic N) is 1. The van der Waals surface area contributed by atoms with Crippen LogP contribution in [0, 0.1) is 5.82 Å². The van der Waals surface area contributed by atoms with E-state index in [4.69, 9.17) is 5.11 Å². The number of aliphatic hydroxyl groups is 1. The highest BCUT2D eigenvalue weighted by atomic mass is 19.1. The van der Waals surface area contributed by atoms with Crippen LogP contribution in [0.4, 0.5) is 10.1 Å². The first-order valence-corrected chi connectivity index (χ1v) is 6.38. The average Bonchev–Trinajstić information content (AvgIpc) is 2.37. The zero-order valence-corrected chi connectivity index (χ0v) is 11.6. The number of hydrogen-bond donors (Lipinski definition) is 2. The molecule has 1 unspecified atom stereocenters. The third-order valence-corrected chi connectivity index (χ3v) is 3.02. The minimum Gasteiger partial charge on any atom is -0.396 e. The summed E-state index contributed by atoms with van der Waals surface area (Å²) in [4.78, 5) is 13.7. The monoisotopic (exact) mass is 268 g/mol. The zero-order valence-electron chi connectivity index (χ0n) is 11.6. The lowest BCUT2D eigenvalue weighted by atomic mass is 10.1. The van der Waals surface area contributed by atoms with Gasteiger partial charge >= 0.3 is 0 Å².